The van der Waals surface area contributed by atoms with Crippen LogP contribution in [0.3, 0.4) is 0 Å². The van der Waals surface area contributed by atoms with Crippen molar-refractivity contribution in [3.63, 3.8) is 0 Å². The van der Waals surface area contributed by atoms with Gasteiger partial charge in [0.2, 0.25) is 0 Å². The normalized spacial score (nSPS) is 15.5. The second-order valence-corrected chi connectivity index (χ2v) is 10.5. The third kappa shape index (κ3) is 1.47. The highest BCUT2D eigenvalue weighted by atomic mass is 79.9. The van der Waals surface area contributed by atoms with Gasteiger partial charge in [-0.05, 0) is 34.5 Å². The van der Waals surface area contributed by atoms with Gasteiger partial charge in [-0.3, -0.25) is 0 Å². The van der Waals surface area contributed by atoms with E-state index in [0.717, 1.165) is 0 Å². The van der Waals surface area contributed by atoms with Gasteiger partial charge in [-0.25, -0.2) is 0 Å². The zero-order valence-electron chi connectivity index (χ0n) is 10.3. The van der Waals surface area contributed by atoms with E-state index in [0.29, 0.717) is 0 Å². The Hall–Kier alpha value is -0.863. The van der Waals surface area contributed by atoms with E-state index >= 15 is 0 Å². The van der Waals surface area contributed by atoms with Crippen molar-refractivity contribution in [2.45, 2.75) is 20.0 Å². The molecule has 86 valence electrons. The second-order valence-electron chi connectivity index (χ2n) is 5.34. The molecule has 3 rings (SSSR count). The van der Waals surface area contributed by atoms with Crippen molar-refractivity contribution in [3.8, 4) is 11.1 Å². The summed E-state index contributed by atoms with van der Waals surface area (Å²) in [7, 11) is -1.47. The molecule has 0 amide bonds. The maximum atomic E-state index is 3.72. The van der Waals surface area contributed by atoms with Gasteiger partial charge in [0.25, 0.3) is 0 Å². The SMILES string of the molecule is Cc1ccc2c(c1)-c1c(Br)cccc1[Si]2(C)C. The predicted octanol–water partition coefficient (Wildman–Crippen LogP) is 3.56. The average Bonchev–Trinajstić information content (AvgIpc) is 2.49. The van der Waals surface area contributed by atoms with Gasteiger partial charge in [0.15, 0.2) is 0 Å². The Bertz CT molecular complexity index is 614. The first-order valence-electron chi connectivity index (χ1n) is 5.92. The van der Waals surface area contributed by atoms with Crippen LogP contribution in [-0.2, 0) is 0 Å². The highest BCUT2D eigenvalue weighted by molar-refractivity contribution is 9.10. The van der Waals surface area contributed by atoms with Crippen molar-refractivity contribution >= 4 is 34.4 Å². The predicted molar refractivity (Wildman–Crippen MR) is 81.1 cm³/mol. The number of rotatable bonds is 0. The summed E-state index contributed by atoms with van der Waals surface area (Å²) < 4.78 is 1.24. The number of halogens is 1. The summed E-state index contributed by atoms with van der Waals surface area (Å²) in [5, 5.41) is 3.14. The Morgan fingerprint density at radius 2 is 1.76 bits per heavy atom. The lowest BCUT2D eigenvalue weighted by Gasteiger charge is -2.18. The van der Waals surface area contributed by atoms with Crippen LogP contribution in [0, 0.1) is 6.92 Å². The molecule has 0 bridgehead atoms. The molecule has 0 radical (unpaired) electrons. The van der Waals surface area contributed by atoms with Crippen LogP contribution in [0.4, 0.5) is 0 Å². The van der Waals surface area contributed by atoms with Crippen LogP contribution in [0.25, 0.3) is 11.1 Å². The topological polar surface area (TPSA) is 0 Å². The number of aryl methyl sites for hydroxylation is 1. The molecule has 0 nitrogen and oxygen atoms in total. The van der Waals surface area contributed by atoms with Gasteiger partial charge in [-0.15, -0.1) is 0 Å². The molecular weight excluding hydrogens is 288 g/mol. The fourth-order valence-electron chi connectivity index (χ4n) is 2.87. The van der Waals surface area contributed by atoms with Crippen LogP contribution in [0.5, 0.6) is 0 Å². The standard InChI is InChI=1S/C15H15BrSi/c1-10-7-8-13-11(9-10)15-12(16)5-4-6-14(15)17(13,2)3/h4-9H,1-3H3. The van der Waals surface area contributed by atoms with Gasteiger partial charge in [0.05, 0.1) is 0 Å². The summed E-state index contributed by atoms with van der Waals surface area (Å²) >= 11 is 3.72. The molecule has 2 aromatic carbocycles. The second kappa shape index (κ2) is 3.56. The van der Waals surface area contributed by atoms with E-state index in [-0.39, 0.29) is 0 Å². The Morgan fingerprint density at radius 3 is 2.53 bits per heavy atom. The lowest BCUT2D eigenvalue weighted by Crippen LogP contribution is -2.49. The molecule has 0 atom stereocenters. The van der Waals surface area contributed by atoms with Crippen molar-refractivity contribution in [1.29, 1.82) is 0 Å². The van der Waals surface area contributed by atoms with Crippen LogP contribution in [0.15, 0.2) is 40.9 Å². The summed E-state index contributed by atoms with van der Waals surface area (Å²) in [6, 6.07) is 13.5. The maximum Gasteiger partial charge on any atom is 0.113 e. The lowest BCUT2D eigenvalue weighted by molar-refractivity contribution is 1.48. The number of hydrogen-bond donors (Lipinski definition) is 0. The van der Waals surface area contributed by atoms with Crippen LogP contribution < -0.4 is 10.4 Å². The summed E-state index contributed by atoms with van der Waals surface area (Å²) in [5.74, 6) is 0. The molecule has 0 spiro atoms. The van der Waals surface area contributed by atoms with Gasteiger partial charge in [0, 0.05) is 4.47 Å². The summed E-state index contributed by atoms with van der Waals surface area (Å²) in [5.41, 5.74) is 4.23. The molecule has 2 aromatic rings. The molecule has 1 aliphatic heterocycles. The van der Waals surface area contributed by atoms with Crippen molar-refractivity contribution in [1.82, 2.24) is 0 Å². The van der Waals surface area contributed by atoms with E-state index in [2.05, 4.69) is 72.3 Å². The number of hydrogen-bond acceptors (Lipinski definition) is 0. The van der Waals surface area contributed by atoms with Gasteiger partial charge >= 0.3 is 0 Å². The van der Waals surface area contributed by atoms with Crippen molar-refractivity contribution in [2.75, 3.05) is 0 Å². The fourth-order valence-corrected chi connectivity index (χ4v) is 6.70. The van der Waals surface area contributed by atoms with Crippen LogP contribution in [0.2, 0.25) is 13.1 Å². The molecule has 0 fully saturated rings. The first-order chi connectivity index (χ1) is 8.01. The molecule has 2 heteroatoms. The highest BCUT2D eigenvalue weighted by Gasteiger charge is 2.37. The van der Waals surface area contributed by atoms with E-state index in [4.69, 9.17) is 0 Å². The summed E-state index contributed by atoms with van der Waals surface area (Å²) in [6.45, 7) is 7.06. The Morgan fingerprint density at radius 1 is 1.00 bits per heavy atom. The molecule has 1 heterocycles. The molecule has 0 aromatic heterocycles. The largest absolute Gasteiger partial charge is 0.113 e. The van der Waals surface area contributed by atoms with Gasteiger partial charge in [-0.1, -0.05) is 64.9 Å². The fraction of sp³-hybridized carbons (Fsp3) is 0.200. The van der Waals surface area contributed by atoms with Crippen molar-refractivity contribution in [2.24, 2.45) is 0 Å². The monoisotopic (exact) mass is 302 g/mol. The molecule has 0 saturated heterocycles. The molecule has 0 unspecified atom stereocenters. The first kappa shape index (κ1) is 11.2. The molecular formula is C15H15BrSi. The Balaban J connectivity index is 2.44. The number of benzene rings is 2. The minimum absolute atomic E-state index is 1.24. The summed E-state index contributed by atoms with van der Waals surface area (Å²) in [6.07, 6.45) is 0. The average molecular weight is 303 g/mol. The third-order valence-corrected chi connectivity index (χ3v) is 8.01. The van der Waals surface area contributed by atoms with E-state index in [1.54, 1.807) is 10.4 Å². The maximum absolute atomic E-state index is 3.72. The first-order valence-corrected chi connectivity index (χ1v) is 9.71. The van der Waals surface area contributed by atoms with Gasteiger partial charge < -0.3 is 0 Å². The third-order valence-electron chi connectivity index (χ3n) is 3.80. The van der Waals surface area contributed by atoms with E-state index in [9.17, 15) is 0 Å². The minimum Gasteiger partial charge on any atom is -0.0619 e. The van der Waals surface area contributed by atoms with Crippen LogP contribution >= 0.6 is 15.9 Å². The highest BCUT2D eigenvalue weighted by Crippen LogP contribution is 2.34. The van der Waals surface area contributed by atoms with Crippen molar-refractivity contribution < 1.29 is 0 Å². The Labute approximate surface area is 112 Å². The molecule has 0 N–H and O–H groups in total. The number of fused-ring (bicyclic) bond motifs is 3. The van der Waals surface area contributed by atoms with E-state index < -0.39 is 8.07 Å². The molecule has 1 aliphatic rings. The zero-order valence-corrected chi connectivity index (χ0v) is 12.9. The quantitative estimate of drug-likeness (QED) is 0.653. The van der Waals surface area contributed by atoms with E-state index in [1.165, 1.54) is 21.2 Å². The van der Waals surface area contributed by atoms with Crippen LogP contribution in [0.1, 0.15) is 5.56 Å². The molecule has 0 saturated carbocycles. The van der Waals surface area contributed by atoms with Gasteiger partial charge in [0.1, 0.15) is 8.07 Å². The lowest BCUT2D eigenvalue weighted by atomic mass is 10.0. The molecule has 0 aliphatic carbocycles. The van der Waals surface area contributed by atoms with Crippen molar-refractivity contribution in [3.05, 3.63) is 46.4 Å². The Kier molecular flexibility index (Phi) is 2.36. The van der Waals surface area contributed by atoms with E-state index in [1.807, 2.05) is 0 Å². The zero-order chi connectivity index (χ0) is 12.2. The molecule has 17 heavy (non-hydrogen) atoms. The van der Waals surface area contributed by atoms with Gasteiger partial charge in [-0.2, -0.15) is 0 Å². The van der Waals surface area contributed by atoms with Crippen LogP contribution in [-0.4, -0.2) is 8.07 Å². The smallest absolute Gasteiger partial charge is 0.0619 e. The minimum atomic E-state index is -1.47. The summed E-state index contributed by atoms with van der Waals surface area (Å²) in [4.78, 5) is 0.